The van der Waals surface area contributed by atoms with Gasteiger partial charge in [0.1, 0.15) is 0 Å². The molecule has 2 N–H and O–H groups in total. The van der Waals surface area contributed by atoms with E-state index in [9.17, 15) is 5.11 Å². The smallest absolute Gasteiger partial charge is 0.0832 e. The Hall–Kier alpha value is -0.120. The van der Waals surface area contributed by atoms with Crippen molar-refractivity contribution in [2.75, 3.05) is 13.1 Å². The first-order chi connectivity index (χ1) is 6.54. The third-order valence-corrected chi connectivity index (χ3v) is 3.08. The third kappa shape index (κ3) is 2.94. The van der Waals surface area contributed by atoms with Crippen molar-refractivity contribution in [3.05, 3.63) is 0 Å². The fraction of sp³-hybridized carbons (Fsp3) is 1.00. The molecule has 0 aromatic rings. The number of nitrogens with one attached hydrogen (secondary N) is 1. The summed E-state index contributed by atoms with van der Waals surface area (Å²) in [5.41, 5.74) is 0. The molecular weight excluding hydrogens is 176 g/mol. The highest BCUT2D eigenvalue weighted by Gasteiger charge is 2.32. The lowest BCUT2D eigenvalue weighted by Crippen LogP contribution is -2.43. The van der Waals surface area contributed by atoms with Crippen molar-refractivity contribution in [2.24, 2.45) is 0 Å². The normalized spacial score (nSPS) is 31.3. The van der Waals surface area contributed by atoms with E-state index in [4.69, 9.17) is 0 Å². The Bertz CT molecular complexity index is 173. The summed E-state index contributed by atoms with van der Waals surface area (Å²) in [5.74, 6) is 0. The van der Waals surface area contributed by atoms with Crippen molar-refractivity contribution in [2.45, 2.75) is 58.3 Å². The van der Waals surface area contributed by atoms with E-state index in [0.29, 0.717) is 12.1 Å². The molecule has 1 rings (SSSR count). The molecule has 0 bridgehead atoms. The zero-order valence-corrected chi connectivity index (χ0v) is 9.83. The molecule has 0 aromatic carbocycles. The predicted octanol–water partition coefficient (Wildman–Crippen LogP) is 0.828. The van der Waals surface area contributed by atoms with Crippen LogP contribution in [-0.2, 0) is 0 Å². The van der Waals surface area contributed by atoms with Crippen molar-refractivity contribution in [3.63, 3.8) is 0 Å². The molecule has 0 amide bonds. The van der Waals surface area contributed by atoms with Crippen LogP contribution >= 0.6 is 0 Å². The molecule has 0 saturated carbocycles. The van der Waals surface area contributed by atoms with Gasteiger partial charge in [-0.15, -0.1) is 0 Å². The minimum atomic E-state index is -0.202. The van der Waals surface area contributed by atoms with Gasteiger partial charge in [0.15, 0.2) is 0 Å². The summed E-state index contributed by atoms with van der Waals surface area (Å²) in [4.78, 5) is 2.37. The van der Waals surface area contributed by atoms with Crippen molar-refractivity contribution < 1.29 is 5.11 Å². The third-order valence-electron chi connectivity index (χ3n) is 3.08. The average Bonchev–Trinajstić information content (AvgIpc) is 2.46. The van der Waals surface area contributed by atoms with Crippen LogP contribution in [0.25, 0.3) is 0 Å². The molecule has 1 saturated heterocycles. The lowest BCUT2D eigenvalue weighted by Gasteiger charge is -2.23. The summed E-state index contributed by atoms with van der Waals surface area (Å²) in [5, 5.41) is 13.3. The maximum Gasteiger partial charge on any atom is 0.0832 e. The molecule has 3 heteroatoms. The van der Waals surface area contributed by atoms with Gasteiger partial charge in [0.25, 0.3) is 0 Å². The Morgan fingerprint density at radius 3 is 2.50 bits per heavy atom. The molecule has 1 aliphatic heterocycles. The van der Waals surface area contributed by atoms with Crippen LogP contribution in [0, 0.1) is 0 Å². The molecule has 0 radical (unpaired) electrons. The Morgan fingerprint density at radius 1 is 1.36 bits per heavy atom. The van der Waals surface area contributed by atoms with Gasteiger partial charge in [-0.3, -0.25) is 4.90 Å². The van der Waals surface area contributed by atoms with Crippen LogP contribution in [0.3, 0.4) is 0 Å². The average molecular weight is 200 g/mol. The van der Waals surface area contributed by atoms with E-state index in [2.05, 4.69) is 37.9 Å². The van der Waals surface area contributed by atoms with Crippen LogP contribution in [0.15, 0.2) is 0 Å². The van der Waals surface area contributed by atoms with Crippen LogP contribution < -0.4 is 5.32 Å². The summed E-state index contributed by atoms with van der Waals surface area (Å²) in [6.07, 6.45) is 0.951. The molecular formula is C11H24N2O. The summed E-state index contributed by atoms with van der Waals surface area (Å²) in [7, 11) is 0. The Kier molecular flexibility index (Phi) is 4.35. The Morgan fingerprint density at radius 2 is 2.00 bits per heavy atom. The maximum absolute atomic E-state index is 9.85. The van der Waals surface area contributed by atoms with Crippen molar-refractivity contribution in [1.29, 1.82) is 0 Å². The molecule has 1 fully saturated rings. The molecule has 1 heterocycles. The van der Waals surface area contributed by atoms with Gasteiger partial charge in [0, 0.05) is 31.2 Å². The number of nitrogens with zero attached hydrogens (tertiary/aromatic N) is 1. The maximum atomic E-state index is 9.85. The molecule has 14 heavy (non-hydrogen) atoms. The first-order valence-corrected chi connectivity index (χ1v) is 5.72. The monoisotopic (exact) mass is 200 g/mol. The van der Waals surface area contributed by atoms with Gasteiger partial charge in [-0.1, -0.05) is 20.8 Å². The number of aliphatic hydroxyl groups excluding tert-OH is 1. The number of β-amino-alcohol motifs (C(OH)–C–C–N with tert-alkyl or cyclic N) is 1. The predicted molar refractivity (Wildman–Crippen MR) is 59.4 cm³/mol. The number of likely N-dealkylation sites (tertiary alicyclic amines) is 1. The summed E-state index contributed by atoms with van der Waals surface area (Å²) in [6.45, 7) is 10.5. The molecule has 1 aliphatic rings. The van der Waals surface area contributed by atoms with Gasteiger partial charge in [-0.2, -0.15) is 0 Å². The molecule has 1 unspecified atom stereocenters. The van der Waals surface area contributed by atoms with E-state index in [0.717, 1.165) is 19.5 Å². The highest BCUT2D eigenvalue weighted by atomic mass is 16.3. The van der Waals surface area contributed by atoms with Crippen LogP contribution in [0.5, 0.6) is 0 Å². The summed E-state index contributed by atoms with van der Waals surface area (Å²) < 4.78 is 0. The molecule has 3 atom stereocenters. The lowest BCUT2D eigenvalue weighted by molar-refractivity contribution is 0.144. The highest BCUT2D eigenvalue weighted by Crippen LogP contribution is 2.15. The van der Waals surface area contributed by atoms with Crippen LogP contribution in [-0.4, -0.2) is 47.3 Å². The SMILES string of the molecule is CCC(C)N1C[C@@H](O)[C@@H](NC(C)C)C1. The summed E-state index contributed by atoms with van der Waals surface area (Å²) in [6, 6.07) is 1.29. The summed E-state index contributed by atoms with van der Waals surface area (Å²) >= 11 is 0. The second-order valence-electron chi connectivity index (χ2n) is 4.71. The number of hydrogen-bond donors (Lipinski definition) is 2. The topological polar surface area (TPSA) is 35.5 Å². The van der Waals surface area contributed by atoms with E-state index in [1.807, 2.05) is 0 Å². The van der Waals surface area contributed by atoms with E-state index in [1.54, 1.807) is 0 Å². The number of rotatable bonds is 4. The molecule has 0 aliphatic carbocycles. The fourth-order valence-electron chi connectivity index (χ4n) is 2.03. The first-order valence-electron chi connectivity index (χ1n) is 5.72. The molecule has 3 nitrogen and oxygen atoms in total. The lowest BCUT2D eigenvalue weighted by atomic mass is 10.2. The van der Waals surface area contributed by atoms with Crippen LogP contribution in [0.2, 0.25) is 0 Å². The highest BCUT2D eigenvalue weighted by molar-refractivity contribution is 4.91. The van der Waals surface area contributed by atoms with Gasteiger partial charge in [-0.25, -0.2) is 0 Å². The zero-order valence-electron chi connectivity index (χ0n) is 9.83. The quantitative estimate of drug-likeness (QED) is 0.705. The van der Waals surface area contributed by atoms with Crippen LogP contribution in [0.4, 0.5) is 0 Å². The Labute approximate surface area is 87.5 Å². The molecule has 0 spiro atoms. The molecule has 84 valence electrons. The largest absolute Gasteiger partial charge is 0.390 e. The molecule has 0 aromatic heterocycles. The Balaban J connectivity index is 2.43. The van der Waals surface area contributed by atoms with E-state index >= 15 is 0 Å². The van der Waals surface area contributed by atoms with E-state index in [1.165, 1.54) is 0 Å². The van der Waals surface area contributed by atoms with E-state index < -0.39 is 0 Å². The minimum Gasteiger partial charge on any atom is -0.390 e. The van der Waals surface area contributed by atoms with Crippen molar-refractivity contribution in [1.82, 2.24) is 10.2 Å². The van der Waals surface area contributed by atoms with Gasteiger partial charge in [-0.05, 0) is 13.3 Å². The van der Waals surface area contributed by atoms with Gasteiger partial charge in [0.2, 0.25) is 0 Å². The van der Waals surface area contributed by atoms with Crippen LogP contribution in [0.1, 0.15) is 34.1 Å². The van der Waals surface area contributed by atoms with E-state index in [-0.39, 0.29) is 12.1 Å². The van der Waals surface area contributed by atoms with Gasteiger partial charge in [0.05, 0.1) is 6.10 Å². The second-order valence-corrected chi connectivity index (χ2v) is 4.71. The number of hydrogen-bond acceptors (Lipinski definition) is 3. The first kappa shape index (κ1) is 12.0. The fourth-order valence-corrected chi connectivity index (χ4v) is 2.03. The number of aliphatic hydroxyl groups is 1. The van der Waals surface area contributed by atoms with Crippen molar-refractivity contribution >= 4 is 0 Å². The minimum absolute atomic E-state index is 0.202. The standard InChI is InChI=1S/C11H24N2O/c1-5-9(4)13-6-10(11(14)7-13)12-8(2)3/h8-12,14H,5-7H2,1-4H3/t9?,10-,11+/m0/s1. The van der Waals surface area contributed by atoms with Crippen molar-refractivity contribution in [3.8, 4) is 0 Å². The second kappa shape index (κ2) is 5.10. The van der Waals surface area contributed by atoms with Gasteiger partial charge >= 0.3 is 0 Å². The van der Waals surface area contributed by atoms with Gasteiger partial charge < -0.3 is 10.4 Å². The zero-order chi connectivity index (χ0) is 10.7.